The van der Waals surface area contributed by atoms with E-state index in [1.165, 1.54) is 6.07 Å². The Balaban J connectivity index is 1.83. The molecule has 30 heavy (non-hydrogen) atoms. The third kappa shape index (κ3) is 4.46. The molecule has 0 bridgehead atoms. The summed E-state index contributed by atoms with van der Waals surface area (Å²) < 4.78 is 5.31. The highest BCUT2D eigenvalue weighted by atomic mass is 35.5. The zero-order chi connectivity index (χ0) is 22.0. The molecule has 0 aliphatic heterocycles. The highest BCUT2D eigenvalue weighted by Crippen LogP contribution is 2.28. The third-order valence-electron chi connectivity index (χ3n) is 4.99. The normalized spacial score (nSPS) is 12.0. The monoisotopic (exact) mass is 428 g/mol. The smallest absolute Gasteiger partial charge is 0.340 e. The van der Waals surface area contributed by atoms with Crippen LogP contribution in [0.1, 0.15) is 22.3 Å². The second-order valence-corrected chi connectivity index (χ2v) is 7.46. The minimum Gasteiger partial charge on any atom is -0.548 e. The summed E-state index contributed by atoms with van der Waals surface area (Å²) in [4.78, 5) is 36.4. The molecule has 0 aliphatic rings. The number of carbonyl (C=O) groups is 2. The fourth-order valence-corrected chi connectivity index (χ4v) is 3.36. The van der Waals surface area contributed by atoms with Gasteiger partial charge < -0.3 is 24.7 Å². The van der Waals surface area contributed by atoms with Crippen molar-refractivity contribution in [1.82, 2.24) is 5.32 Å². The van der Waals surface area contributed by atoms with Gasteiger partial charge in [-0.05, 0) is 55.7 Å². The van der Waals surface area contributed by atoms with Gasteiger partial charge in [0.05, 0.1) is 24.0 Å². The molecule has 0 spiro atoms. The lowest BCUT2D eigenvalue weighted by Crippen LogP contribution is -2.49. The first-order valence-electron chi connectivity index (χ1n) is 9.17. The van der Waals surface area contributed by atoms with Crippen LogP contribution in [0.25, 0.3) is 11.0 Å². The standard InChI is InChI=1S/C22H20ClNO6/c1-11-15-7-8-18(25)12(2)20(15)30-22(29)16(11)10-19(26)24-17(21(27)28)9-13-3-5-14(23)6-4-13/h3-8,17,25H,9-10H2,1-2H3,(H,24,26)(H,27,28)/p-1/t17-/m0/s1. The van der Waals surface area contributed by atoms with Crippen LogP contribution in [-0.4, -0.2) is 23.0 Å². The summed E-state index contributed by atoms with van der Waals surface area (Å²) in [5.74, 6) is -2.09. The molecule has 156 valence electrons. The van der Waals surface area contributed by atoms with Crippen LogP contribution in [0.5, 0.6) is 5.75 Å². The largest absolute Gasteiger partial charge is 0.548 e. The Kier molecular flexibility index (Phi) is 6.12. The zero-order valence-electron chi connectivity index (χ0n) is 16.3. The zero-order valence-corrected chi connectivity index (χ0v) is 17.1. The minimum atomic E-state index is -1.44. The first-order chi connectivity index (χ1) is 14.2. The van der Waals surface area contributed by atoms with Gasteiger partial charge in [-0.25, -0.2) is 4.79 Å². The first kappa shape index (κ1) is 21.4. The molecule has 1 aromatic heterocycles. The maximum atomic E-state index is 12.5. The van der Waals surface area contributed by atoms with Crippen LogP contribution >= 0.6 is 11.6 Å². The molecule has 0 saturated heterocycles. The number of aliphatic carboxylic acids is 1. The highest BCUT2D eigenvalue weighted by molar-refractivity contribution is 6.30. The molecule has 0 saturated carbocycles. The van der Waals surface area contributed by atoms with E-state index in [9.17, 15) is 24.6 Å². The van der Waals surface area contributed by atoms with Gasteiger partial charge in [0.1, 0.15) is 11.3 Å². The van der Waals surface area contributed by atoms with E-state index in [1.807, 2.05) is 0 Å². The van der Waals surface area contributed by atoms with Crippen molar-refractivity contribution < 1.29 is 24.2 Å². The van der Waals surface area contributed by atoms with Crippen molar-refractivity contribution in [1.29, 1.82) is 0 Å². The predicted molar refractivity (Wildman–Crippen MR) is 109 cm³/mol. The van der Waals surface area contributed by atoms with E-state index in [0.717, 1.165) is 0 Å². The summed E-state index contributed by atoms with van der Waals surface area (Å²) in [6.45, 7) is 3.29. The molecule has 0 unspecified atom stereocenters. The van der Waals surface area contributed by atoms with Crippen molar-refractivity contribution in [3.63, 3.8) is 0 Å². The molecule has 1 atom stereocenters. The number of carbonyl (C=O) groups excluding carboxylic acids is 2. The van der Waals surface area contributed by atoms with Crippen LogP contribution in [0.3, 0.4) is 0 Å². The Labute approximate surface area is 176 Å². The van der Waals surface area contributed by atoms with E-state index < -0.39 is 23.5 Å². The number of hydrogen-bond acceptors (Lipinski definition) is 6. The molecule has 7 nitrogen and oxygen atoms in total. The number of carboxylic acid groups (broad SMARTS) is 1. The molecule has 0 fully saturated rings. The molecule has 2 aromatic carbocycles. The lowest BCUT2D eigenvalue weighted by Gasteiger charge is -2.20. The molecule has 3 aromatic rings. The van der Waals surface area contributed by atoms with Gasteiger partial charge in [-0.2, -0.15) is 0 Å². The molecule has 8 heteroatoms. The molecular weight excluding hydrogens is 410 g/mol. The van der Waals surface area contributed by atoms with E-state index >= 15 is 0 Å². The molecule has 2 N–H and O–H groups in total. The fourth-order valence-electron chi connectivity index (χ4n) is 3.24. The molecule has 1 amide bonds. The Morgan fingerprint density at radius 3 is 2.43 bits per heavy atom. The minimum absolute atomic E-state index is 0.00505. The lowest BCUT2D eigenvalue weighted by molar-refractivity contribution is -0.308. The van der Waals surface area contributed by atoms with Crippen LogP contribution in [0, 0.1) is 13.8 Å². The van der Waals surface area contributed by atoms with Crippen molar-refractivity contribution in [2.45, 2.75) is 32.7 Å². The van der Waals surface area contributed by atoms with Gasteiger partial charge >= 0.3 is 5.63 Å². The molecule has 0 radical (unpaired) electrons. The SMILES string of the molecule is Cc1c(CC(=O)N[C@@H](Cc2ccc(Cl)cc2)C(=O)[O-])c(=O)oc2c(C)c(O)ccc12. The van der Waals surface area contributed by atoms with Crippen LogP contribution in [0.2, 0.25) is 5.02 Å². The predicted octanol–water partition coefficient (Wildman–Crippen LogP) is 1.79. The molecular formula is C22H19ClNO6-. The lowest BCUT2D eigenvalue weighted by atomic mass is 10.0. The second-order valence-electron chi connectivity index (χ2n) is 7.03. The van der Waals surface area contributed by atoms with Gasteiger partial charge in [0.2, 0.25) is 5.91 Å². The van der Waals surface area contributed by atoms with Crippen LogP contribution in [0.4, 0.5) is 0 Å². The van der Waals surface area contributed by atoms with E-state index in [-0.39, 0.29) is 29.7 Å². The van der Waals surface area contributed by atoms with Crippen molar-refractivity contribution in [2.24, 2.45) is 0 Å². The van der Waals surface area contributed by atoms with E-state index in [4.69, 9.17) is 16.0 Å². The average molecular weight is 429 g/mol. The highest BCUT2D eigenvalue weighted by Gasteiger charge is 2.20. The maximum Gasteiger partial charge on any atom is 0.340 e. The summed E-state index contributed by atoms with van der Waals surface area (Å²) >= 11 is 5.82. The fraction of sp³-hybridized carbons (Fsp3) is 0.227. The van der Waals surface area contributed by atoms with Crippen molar-refractivity contribution >= 4 is 34.4 Å². The molecule has 1 heterocycles. The van der Waals surface area contributed by atoms with Gasteiger partial charge in [-0.3, -0.25) is 4.79 Å². The Morgan fingerprint density at radius 2 is 1.80 bits per heavy atom. The number of amides is 1. The summed E-state index contributed by atoms with van der Waals surface area (Å²) in [5.41, 5.74) is 1.26. The Hall–Kier alpha value is -3.32. The van der Waals surface area contributed by atoms with Crippen molar-refractivity contribution in [3.8, 4) is 5.75 Å². The van der Waals surface area contributed by atoms with Gasteiger partial charge in [-0.1, -0.05) is 23.7 Å². The number of fused-ring (bicyclic) bond motifs is 1. The summed E-state index contributed by atoms with van der Waals surface area (Å²) in [6, 6.07) is 8.36. The number of phenols is 1. The molecule has 3 rings (SSSR count). The Bertz CT molecular complexity index is 1180. The summed E-state index contributed by atoms with van der Waals surface area (Å²) in [5, 5.41) is 24.8. The van der Waals surface area contributed by atoms with Crippen molar-refractivity contribution in [2.75, 3.05) is 0 Å². The number of benzene rings is 2. The number of nitrogens with one attached hydrogen (secondary N) is 1. The number of rotatable bonds is 6. The molecule has 0 aliphatic carbocycles. The van der Waals surface area contributed by atoms with Crippen LogP contribution in [0.15, 0.2) is 45.6 Å². The Morgan fingerprint density at radius 1 is 1.13 bits per heavy atom. The number of carboxylic acids is 1. The van der Waals surface area contributed by atoms with Gasteiger partial charge in [0.15, 0.2) is 0 Å². The number of aromatic hydroxyl groups is 1. The van der Waals surface area contributed by atoms with Gasteiger partial charge in [-0.15, -0.1) is 0 Å². The third-order valence-corrected chi connectivity index (χ3v) is 5.24. The van der Waals surface area contributed by atoms with Crippen molar-refractivity contribution in [3.05, 3.63) is 74.1 Å². The van der Waals surface area contributed by atoms with E-state index in [2.05, 4.69) is 5.32 Å². The quantitative estimate of drug-likeness (QED) is 0.577. The van der Waals surface area contributed by atoms with Crippen LogP contribution in [-0.2, 0) is 22.4 Å². The van der Waals surface area contributed by atoms with Gasteiger partial charge in [0.25, 0.3) is 0 Å². The van der Waals surface area contributed by atoms with Crippen LogP contribution < -0.4 is 16.0 Å². The number of hydrogen-bond donors (Lipinski definition) is 2. The first-order valence-corrected chi connectivity index (χ1v) is 9.54. The van der Waals surface area contributed by atoms with E-state index in [0.29, 0.717) is 27.1 Å². The summed E-state index contributed by atoms with van der Waals surface area (Å²) in [6.07, 6.45) is -0.344. The number of halogens is 1. The van der Waals surface area contributed by atoms with E-state index in [1.54, 1.807) is 44.2 Å². The maximum absolute atomic E-state index is 12.5. The number of aryl methyl sites for hydroxylation is 2. The van der Waals surface area contributed by atoms with Gasteiger partial charge in [0, 0.05) is 16.0 Å². The second kappa shape index (κ2) is 8.59. The summed E-state index contributed by atoms with van der Waals surface area (Å²) in [7, 11) is 0. The topological polar surface area (TPSA) is 120 Å². The number of phenolic OH excluding ortho intramolecular Hbond substituents is 1. The average Bonchev–Trinajstić information content (AvgIpc) is 2.69.